The van der Waals surface area contributed by atoms with Gasteiger partial charge in [0.1, 0.15) is 0 Å². The molecule has 0 saturated carbocycles. The van der Waals surface area contributed by atoms with Crippen molar-refractivity contribution in [2.24, 2.45) is 0 Å². The molecule has 0 aliphatic heterocycles. The van der Waals surface area contributed by atoms with E-state index in [1.54, 1.807) is 0 Å². The summed E-state index contributed by atoms with van der Waals surface area (Å²) in [5.41, 5.74) is 2.79. The minimum absolute atomic E-state index is 1.12. The van der Waals surface area contributed by atoms with Gasteiger partial charge in [-0.2, -0.15) is 0 Å². The van der Waals surface area contributed by atoms with Gasteiger partial charge in [-0.3, -0.25) is 0 Å². The van der Waals surface area contributed by atoms with Crippen LogP contribution in [0.5, 0.6) is 0 Å². The largest absolute Gasteiger partial charge is 0.320 e. The zero-order valence-electron chi connectivity index (χ0n) is 10.8. The zero-order chi connectivity index (χ0) is 12.1. The normalized spacial score (nSPS) is 10.9. The van der Waals surface area contributed by atoms with Gasteiger partial charge in [0.2, 0.25) is 0 Å². The van der Waals surface area contributed by atoms with Gasteiger partial charge in [-0.05, 0) is 56.1 Å². The molecule has 0 aromatic heterocycles. The van der Waals surface area contributed by atoms with Crippen LogP contribution in [0.25, 0.3) is 10.8 Å². The molecule has 1 heteroatoms. The maximum atomic E-state index is 3.19. The summed E-state index contributed by atoms with van der Waals surface area (Å²) < 4.78 is 0. The molecular weight excluding hydrogens is 206 g/mol. The van der Waals surface area contributed by atoms with Crippen molar-refractivity contribution in [3.05, 3.63) is 47.5 Å². The highest BCUT2D eigenvalue weighted by atomic mass is 14.8. The van der Waals surface area contributed by atoms with Gasteiger partial charge in [-0.25, -0.2) is 0 Å². The molecule has 0 aliphatic carbocycles. The van der Waals surface area contributed by atoms with E-state index in [0.29, 0.717) is 0 Å². The standard InChI is InChI=1S/C16H21N/c1-13-6-8-16-12-14(5-3-4-10-17-2)7-9-15(16)11-13/h6-9,11-12,17H,3-5,10H2,1-2H3. The van der Waals surface area contributed by atoms with Crippen LogP contribution in [-0.4, -0.2) is 13.6 Å². The summed E-state index contributed by atoms with van der Waals surface area (Å²) in [5.74, 6) is 0. The molecule has 17 heavy (non-hydrogen) atoms. The minimum atomic E-state index is 1.12. The average molecular weight is 227 g/mol. The molecule has 90 valence electrons. The quantitative estimate of drug-likeness (QED) is 0.768. The lowest BCUT2D eigenvalue weighted by atomic mass is 10.0. The zero-order valence-corrected chi connectivity index (χ0v) is 10.8. The highest BCUT2D eigenvalue weighted by Crippen LogP contribution is 2.18. The number of rotatable bonds is 5. The summed E-state index contributed by atoms with van der Waals surface area (Å²) in [6, 6.07) is 13.5. The Kier molecular flexibility index (Phi) is 4.16. The van der Waals surface area contributed by atoms with Crippen molar-refractivity contribution in [2.75, 3.05) is 13.6 Å². The van der Waals surface area contributed by atoms with E-state index in [4.69, 9.17) is 0 Å². The van der Waals surface area contributed by atoms with E-state index in [1.165, 1.54) is 41.2 Å². The van der Waals surface area contributed by atoms with Crippen LogP contribution in [0, 0.1) is 6.92 Å². The van der Waals surface area contributed by atoms with Gasteiger partial charge in [-0.1, -0.05) is 42.0 Å². The number of nitrogens with one attached hydrogen (secondary N) is 1. The molecule has 2 rings (SSSR count). The molecule has 0 unspecified atom stereocenters. The number of benzene rings is 2. The lowest BCUT2D eigenvalue weighted by Crippen LogP contribution is -2.07. The van der Waals surface area contributed by atoms with Crippen molar-refractivity contribution in [2.45, 2.75) is 26.2 Å². The summed E-state index contributed by atoms with van der Waals surface area (Å²) in [5, 5.41) is 5.90. The van der Waals surface area contributed by atoms with Gasteiger partial charge >= 0.3 is 0 Å². The molecule has 0 heterocycles. The Morgan fingerprint density at radius 3 is 2.53 bits per heavy atom. The van der Waals surface area contributed by atoms with Crippen molar-refractivity contribution < 1.29 is 0 Å². The van der Waals surface area contributed by atoms with Crippen LogP contribution in [-0.2, 0) is 6.42 Å². The molecule has 0 radical (unpaired) electrons. The van der Waals surface area contributed by atoms with Gasteiger partial charge in [0.15, 0.2) is 0 Å². The third kappa shape index (κ3) is 3.31. The second-order valence-electron chi connectivity index (χ2n) is 4.75. The van der Waals surface area contributed by atoms with Crippen molar-refractivity contribution >= 4 is 10.8 Å². The molecular formula is C16H21N. The van der Waals surface area contributed by atoms with E-state index in [9.17, 15) is 0 Å². The number of aryl methyl sites for hydroxylation is 2. The first-order valence-corrected chi connectivity index (χ1v) is 6.43. The van der Waals surface area contributed by atoms with E-state index < -0.39 is 0 Å². The van der Waals surface area contributed by atoms with Crippen LogP contribution in [0.2, 0.25) is 0 Å². The third-order valence-corrected chi connectivity index (χ3v) is 3.20. The molecule has 0 bridgehead atoms. The van der Waals surface area contributed by atoms with Crippen LogP contribution in [0.3, 0.4) is 0 Å². The highest BCUT2D eigenvalue weighted by molar-refractivity contribution is 5.83. The maximum absolute atomic E-state index is 3.19. The summed E-state index contributed by atoms with van der Waals surface area (Å²) >= 11 is 0. The molecule has 0 fully saturated rings. The van der Waals surface area contributed by atoms with Crippen LogP contribution in [0.1, 0.15) is 24.0 Å². The van der Waals surface area contributed by atoms with Crippen molar-refractivity contribution in [3.8, 4) is 0 Å². The first kappa shape index (κ1) is 12.1. The van der Waals surface area contributed by atoms with Gasteiger partial charge in [0.25, 0.3) is 0 Å². The predicted octanol–water partition coefficient (Wildman–Crippen LogP) is 3.69. The van der Waals surface area contributed by atoms with E-state index in [2.05, 4.69) is 48.6 Å². The Morgan fingerprint density at radius 2 is 1.71 bits per heavy atom. The van der Waals surface area contributed by atoms with E-state index >= 15 is 0 Å². The fourth-order valence-corrected chi connectivity index (χ4v) is 2.20. The summed E-state index contributed by atoms with van der Waals surface area (Å²) in [4.78, 5) is 0. The highest BCUT2D eigenvalue weighted by Gasteiger charge is 1.97. The van der Waals surface area contributed by atoms with Gasteiger partial charge < -0.3 is 5.32 Å². The lowest BCUT2D eigenvalue weighted by Gasteiger charge is -2.05. The minimum Gasteiger partial charge on any atom is -0.320 e. The first-order chi connectivity index (χ1) is 8.29. The van der Waals surface area contributed by atoms with Gasteiger partial charge in [0, 0.05) is 0 Å². The van der Waals surface area contributed by atoms with Crippen molar-refractivity contribution in [1.29, 1.82) is 0 Å². The number of hydrogen-bond acceptors (Lipinski definition) is 1. The molecule has 2 aromatic carbocycles. The molecule has 1 N–H and O–H groups in total. The van der Waals surface area contributed by atoms with Crippen molar-refractivity contribution in [3.63, 3.8) is 0 Å². The van der Waals surface area contributed by atoms with Crippen LogP contribution in [0.15, 0.2) is 36.4 Å². The van der Waals surface area contributed by atoms with E-state index in [-0.39, 0.29) is 0 Å². The summed E-state index contributed by atoms with van der Waals surface area (Å²) in [6.45, 7) is 3.26. The van der Waals surface area contributed by atoms with Gasteiger partial charge in [0.05, 0.1) is 0 Å². The SMILES string of the molecule is CNCCCCc1ccc2cc(C)ccc2c1. The number of unbranched alkanes of at least 4 members (excludes halogenated alkanes) is 1. The Bertz CT molecular complexity index is 488. The number of fused-ring (bicyclic) bond motifs is 1. The second-order valence-corrected chi connectivity index (χ2v) is 4.75. The summed E-state index contributed by atoms with van der Waals surface area (Å²) in [7, 11) is 2.01. The molecule has 0 aliphatic rings. The Labute approximate surface area is 104 Å². The fourth-order valence-electron chi connectivity index (χ4n) is 2.20. The predicted molar refractivity (Wildman–Crippen MR) is 75.5 cm³/mol. The Morgan fingerprint density at radius 1 is 0.941 bits per heavy atom. The van der Waals surface area contributed by atoms with Crippen LogP contribution in [0.4, 0.5) is 0 Å². The average Bonchev–Trinajstić information content (AvgIpc) is 2.35. The van der Waals surface area contributed by atoms with E-state index in [1.807, 2.05) is 7.05 Å². The molecule has 0 atom stereocenters. The molecule has 2 aromatic rings. The first-order valence-electron chi connectivity index (χ1n) is 6.43. The Balaban J connectivity index is 2.07. The van der Waals surface area contributed by atoms with E-state index in [0.717, 1.165) is 6.54 Å². The maximum Gasteiger partial charge on any atom is -0.00518 e. The smallest absolute Gasteiger partial charge is 0.00518 e. The summed E-state index contributed by atoms with van der Waals surface area (Å²) in [6.07, 6.45) is 3.70. The Hall–Kier alpha value is -1.34. The van der Waals surface area contributed by atoms with Crippen molar-refractivity contribution in [1.82, 2.24) is 5.32 Å². The van der Waals surface area contributed by atoms with Gasteiger partial charge in [-0.15, -0.1) is 0 Å². The monoisotopic (exact) mass is 227 g/mol. The molecule has 0 spiro atoms. The molecule has 0 saturated heterocycles. The van der Waals surface area contributed by atoms with Crippen LogP contribution < -0.4 is 5.32 Å². The topological polar surface area (TPSA) is 12.0 Å². The molecule has 0 amide bonds. The third-order valence-electron chi connectivity index (χ3n) is 3.20. The molecule has 1 nitrogen and oxygen atoms in total. The second kappa shape index (κ2) is 5.83. The fraction of sp³-hybridized carbons (Fsp3) is 0.375. The lowest BCUT2D eigenvalue weighted by molar-refractivity contribution is 0.677. The number of hydrogen-bond donors (Lipinski definition) is 1. The van der Waals surface area contributed by atoms with Crippen LogP contribution >= 0.6 is 0 Å².